The van der Waals surface area contributed by atoms with Crippen molar-refractivity contribution in [2.24, 2.45) is 0 Å². The van der Waals surface area contributed by atoms with E-state index in [1.54, 1.807) is 36.4 Å². The van der Waals surface area contributed by atoms with Gasteiger partial charge in [0.2, 0.25) is 0 Å². The van der Waals surface area contributed by atoms with E-state index in [2.05, 4.69) is 21.2 Å². The van der Waals surface area contributed by atoms with Crippen molar-refractivity contribution in [2.45, 2.75) is 11.8 Å². The quantitative estimate of drug-likeness (QED) is 0.362. The molecule has 0 unspecified atom stereocenters. The standard InChI is InChI=1S/C23H19BrN2O4S/c1-16-9-12-19(13-10-16)31(29,30)26-23(28)25-21-8-3-2-7-20(21)22(27)14-11-17-5-4-6-18(24)15-17/h2-15H,1H3,(H2,25,26,28)/b14-11+. The first-order valence-electron chi connectivity index (χ1n) is 9.22. The van der Waals surface area contributed by atoms with Crippen molar-refractivity contribution >= 4 is 49.5 Å². The molecule has 3 aromatic rings. The van der Waals surface area contributed by atoms with E-state index < -0.39 is 16.1 Å². The number of rotatable bonds is 6. The Morgan fingerprint density at radius 1 is 0.935 bits per heavy atom. The van der Waals surface area contributed by atoms with Gasteiger partial charge in [-0.1, -0.05) is 64.0 Å². The normalized spacial score (nSPS) is 11.3. The molecule has 3 aromatic carbocycles. The molecular formula is C23H19BrN2O4S. The van der Waals surface area contributed by atoms with E-state index >= 15 is 0 Å². The lowest BCUT2D eigenvalue weighted by Crippen LogP contribution is -2.34. The summed E-state index contributed by atoms with van der Waals surface area (Å²) in [7, 11) is -4.05. The fourth-order valence-corrected chi connectivity index (χ4v) is 4.05. The number of aryl methyl sites for hydroxylation is 1. The van der Waals surface area contributed by atoms with E-state index in [1.807, 2.05) is 35.9 Å². The lowest BCUT2D eigenvalue weighted by molar-refractivity contribution is 0.104. The molecule has 0 saturated heterocycles. The number of carbonyl (C=O) groups is 2. The highest BCUT2D eigenvalue weighted by Gasteiger charge is 2.19. The van der Waals surface area contributed by atoms with E-state index in [0.29, 0.717) is 0 Å². The predicted molar refractivity (Wildman–Crippen MR) is 124 cm³/mol. The van der Waals surface area contributed by atoms with Crippen molar-refractivity contribution in [2.75, 3.05) is 5.32 Å². The lowest BCUT2D eigenvalue weighted by Gasteiger charge is -2.11. The number of carbonyl (C=O) groups excluding carboxylic acids is 2. The highest BCUT2D eigenvalue weighted by molar-refractivity contribution is 9.10. The van der Waals surface area contributed by atoms with Gasteiger partial charge in [0.15, 0.2) is 5.78 Å². The second-order valence-electron chi connectivity index (χ2n) is 6.67. The van der Waals surface area contributed by atoms with Crippen LogP contribution in [0.15, 0.2) is 88.2 Å². The summed E-state index contributed by atoms with van der Waals surface area (Å²) < 4.78 is 27.6. The SMILES string of the molecule is Cc1ccc(S(=O)(=O)NC(=O)Nc2ccccc2C(=O)/C=C/c2cccc(Br)c2)cc1. The summed E-state index contributed by atoms with van der Waals surface area (Å²) in [5, 5.41) is 2.44. The Bertz CT molecular complexity index is 1250. The summed E-state index contributed by atoms with van der Waals surface area (Å²) in [4.78, 5) is 24.9. The van der Waals surface area contributed by atoms with Crippen LogP contribution in [0, 0.1) is 6.92 Å². The second-order valence-corrected chi connectivity index (χ2v) is 9.27. The monoisotopic (exact) mass is 498 g/mol. The fraction of sp³-hybridized carbons (Fsp3) is 0.0435. The summed E-state index contributed by atoms with van der Waals surface area (Å²) in [6.45, 7) is 1.83. The molecule has 31 heavy (non-hydrogen) atoms. The van der Waals surface area contributed by atoms with Crippen molar-refractivity contribution < 1.29 is 18.0 Å². The molecule has 2 N–H and O–H groups in total. The number of nitrogens with one attached hydrogen (secondary N) is 2. The average Bonchev–Trinajstić information content (AvgIpc) is 2.72. The van der Waals surface area contributed by atoms with Gasteiger partial charge in [-0.2, -0.15) is 0 Å². The van der Waals surface area contributed by atoms with Crippen molar-refractivity contribution in [1.82, 2.24) is 4.72 Å². The van der Waals surface area contributed by atoms with Crippen LogP contribution in [0.2, 0.25) is 0 Å². The van der Waals surface area contributed by atoms with Crippen LogP contribution < -0.4 is 10.0 Å². The third-order valence-corrected chi connectivity index (χ3v) is 6.12. The smallest absolute Gasteiger partial charge is 0.306 e. The minimum absolute atomic E-state index is 0.0328. The van der Waals surface area contributed by atoms with Crippen LogP contribution in [0.4, 0.5) is 10.5 Å². The molecule has 0 aliphatic rings. The Kier molecular flexibility index (Phi) is 7.04. The molecule has 0 heterocycles. The van der Waals surface area contributed by atoms with Gasteiger partial charge in [-0.05, 0) is 55.0 Å². The summed E-state index contributed by atoms with van der Waals surface area (Å²) in [5.41, 5.74) is 2.15. The number of halogens is 1. The first-order valence-corrected chi connectivity index (χ1v) is 11.5. The molecule has 0 atom stereocenters. The Morgan fingerprint density at radius 3 is 2.35 bits per heavy atom. The maximum Gasteiger partial charge on any atom is 0.333 e. The molecule has 6 nitrogen and oxygen atoms in total. The topological polar surface area (TPSA) is 92.3 Å². The molecule has 158 valence electrons. The largest absolute Gasteiger partial charge is 0.333 e. The average molecular weight is 499 g/mol. The number of allylic oxidation sites excluding steroid dienone is 1. The van der Waals surface area contributed by atoms with Gasteiger partial charge in [-0.15, -0.1) is 0 Å². The van der Waals surface area contributed by atoms with Crippen molar-refractivity contribution in [3.63, 3.8) is 0 Å². The van der Waals surface area contributed by atoms with Gasteiger partial charge in [0, 0.05) is 10.0 Å². The third-order valence-electron chi connectivity index (χ3n) is 4.27. The van der Waals surface area contributed by atoms with E-state index in [0.717, 1.165) is 15.6 Å². The molecule has 0 radical (unpaired) electrons. The number of sulfonamides is 1. The Hall–Kier alpha value is -3.23. The van der Waals surface area contributed by atoms with E-state index in [9.17, 15) is 18.0 Å². The van der Waals surface area contributed by atoms with Crippen molar-refractivity contribution in [3.05, 3.63) is 100 Å². The zero-order chi connectivity index (χ0) is 22.4. The highest BCUT2D eigenvalue weighted by Crippen LogP contribution is 2.18. The van der Waals surface area contributed by atoms with Crippen LogP contribution in [0.5, 0.6) is 0 Å². The number of benzene rings is 3. The number of anilines is 1. The maximum absolute atomic E-state index is 12.7. The molecule has 2 amide bonds. The molecule has 0 aliphatic heterocycles. The highest BCUT2D eigenvalue weighted by atomic mass is 79.9. The number of ketones is 1. The Balaban J connectivity index is 1.74. The zero-order valence-corrected chi connectivity index (χ0v) is 18.9. The van der Waals surface area contributed by atoms with Crippen LogP contribution in [0.1, 0.15) is 21.5 Å². The first-order chi connectivity index (χ1) is 14.7. The minimum Gasteiger partial charge on any atom is -0.306 e. The number of hydrogen-bond donors (Lipinski definition) is 2. The van der Waals surface area contributed by atoms with Crippen LogP contribution in [0.3, 0.4) is 0 Å². The molecule has 0 spiro atoms. The Labute approximate surface area is 189 Å². The van der Waals surface area contributed by atoms with Crippen LogP contribution in [-0.2, 0) is 10.0 Å². The summed E-state index contributed by atoms with van der Waals surface area (Å²) in [5.74, 6) is -0.336. The van der Waals surface area contributed by atoms with Gasteiger partial charge >= 0.3 is 6.03 Å². The molecule has 0 fully saturated rings. The number of urea groups is 1. The van der Waals surface area contributed by atoms with Gasteiger partial charge < -0.3 is 5.32 Å². The van der Waals surface area contributed by atoms with Gasteiger partial charge in [0.05, 0.1) is 10.6 Å². The molecule has 0 bridgehead atoms. The molecule has 8 heteroatoms. The second kappa shape index (κ2) is 9.72. The van der Waals surface area contributed by atoms with Gasteiger partial charge in [-0.25, -0.2) is 17.9 Å². The predicted octanol–water partition coefficient (Wildman–Crippen LogP) is 5.16. The van der Waals surface area contributed by atoms with Gasteiger partial charge in [-0.3, -0.25) is 4.79 Å². The minimum atomic E-state index is -4.05. The molecule has 0 saturated carbocycles. The zero-order valence-electron chi connectivity index (χ0n) is 16.5. The summed E-state index contributed by atoms with van der Waals surface area (Å²) in [6.07, 6.45) is 3.05. The van der Waals surface area contributed by atoms with E-state index in [4.69, 9.17) is 0 Å². The molecule has 0 aliphatic carbocycles. The van der Waals surface area contributed by atoms with Crippen molar-refractivity contribution in [3.8, 4) is 0 Å². The number of hydrogen-bond acceptors (Lipinski definition) is 4. The first kappa shape index (κ1) is 22.5. The van der Waals surface area contributed by atoms with Crippen molar-refractivity contribution in [1.29, 1.82) is 0 Å². The molecule has 0 aromatic heterocycles. The fourth-order valence-electron chi connectivity index (χ4n) is 2.73. The van der Waals surface area contributed by atoms with Gasteiger partial charge in [0.25, 0.3) is 10.0 Å². The maximum atomic E-state index is 12.7. The van der Waals surface area contributed by atoms with Crippen LogP contribution in [-0.4, -0.2) is 20.2 Å². The van der Waals surface area contributed by atoms with Gasteiger partial charge in [0.1, 0.15) is 0 Å². The Morgan fingerprint density at radius 2 is 1.65 bits per heavy atom. The number of para-hydroxylation sites is 1. The molecule has 3 rings (SSSR count). The van der Waals surface area contributed by atoms with E-state index in [1.165, 1.54) is 24.3 Å². The van der Waals surface area contributed by atoms with Crippen LogP contribution in [0.25, 0.3) is 6.08 Å². The summed E-state index contributed by atoms with van der Waals surface area (Å²) in [6, 6.07) is 18.9. The number of amides is 2. The summed E-state index contributed by atoms with van der Waals surface area (Å²) >= 11 is 3.37. The van der Waals surface area contributed by atoms with Crippen LogP contribution >= 0.6 is 15.9 Å². The third kappa shape index (κ3) is 6.13. The van der Waals surface area contributed by atoms with E-state index in [-0.39, 0.29) is 21.9 Å². The molecular weight excluding hydrogens is 480 g/mol. The lowest BCUT2D eigenvalue weighted by atomic mass is 10.1.